The fourth-order valence-electron chi connectivity index (χ4n) is 4.79. The van der Waals surface area contributed by atoms with Crippen molar-refractivity contribution in [3.8, 4) is 0 Å². The third-order valence-corrected chi connectivity index (χ3v) is 6.19. The Kier molecular flexibility index (Phi) is 4.53. The van der Waals surface area contributed by atoms with Gasteiger partial charge in [0.15, 0.2) is 5.82 Å². The standard InChI is InChI=1S/C22H26FN5/c1-2-21-18-6-4-3-5-16(18)9-10-28(21)27-13-11-26(12-14-27)22-19-8-7-17(23)15-20(19)24-25-22/h3-8,15,21H,2,9-14H2,1H3,(H,24,25). The van der Waals surface area contributed by atoms with E-state index in [9.17, 15) is 4.39 Å². The Bertz CT molecular complexity index is 976. The van der Waals surface area contributed by atoms with Gasteiger partial charge in [0, 0.05) is 44.2 Å². The first-order valence-corrected chi connectivity index (χ1v) is 10.2. The number of nitrogens with one attached hydrogen (secondary N) is 1. The number of hydrogen-bond acceptors (Lipinski definition) is 4. The van der Waals surface area contributed by atoms with Crippen LogP contribution in [0.1, 0.15) is 30.5 Å². The monoisotopic (exact) mass is 379 g/mol. The van der Waals surface area contributed by atoms with Crippen LogP contribution in [-0.2, 0) is 6.42 Å². The number of anilines is 1. The van der Waals surface area contributed by atoms with Crippen LogP contribution in [0.5, 0.6) is 0 Å². The van der Waals surface area contributed by atoms with Gasteiger partial charge in [-0.1, -0.05) is 31.2 Å². The Labute approximate surface area is 164 Å². The molecule has 3 aromatic rings. The molecule has 2 aromatic carbocycles. The minimum absolute atomic E-state index is 0.233. The number of hydrazine groups is 1. The molecule has 1 atom stereocenters. The highest BCUT2D eigenvalue weighted by Crippen LogP contribution is 2.34. The highest BCUT2D eigenvalue weighted by atomic mass is 19.1. The van der Waals surface area contributed by atoms with Gasteiger partial charge in [-0.15, -0.1) is 0 Å². The number of benzene rings is 2. The maximum atomic E-state index is 13.4. The summed E-state index contributed by atoms with van der Waals surface area (Å²) in [6, 6.07) is 14.2. The summed E-state index contributed by atoms with van der Waals surface area (Å²) in [6.07, 6.45) is 2.23. The number of piperazine rings is 1. The molecule has 0 amide bonds. The predicted octanol–water partition coefficient (Wildman–Crippen LogP) is 3.75. The van der Waals surface area contributed by atoms with E-state index in [0.717, 1.165) is 62.3 Å². The van der Waals surface area contributed by atoms with Crippen LogP contribution < -0.4 is 4.90 Å². The van der Waals surface area contributed by atoms with E-state index in [4.69, 9.17) is 0 Å². The van der Waals surface area contributed by atoms with Gasteiger partial charge in [-0.25, -0.2) is 14.4 Å². The minimum Gasteiger partial charge on any atom is -0.352 e. The van der Waals surface area contributed by atoms with Crippen LogP contribution in [0.2, 0.25) is 0 Å². The Balaban J connectivity index is 1.32. The van der Waals surface area contributed by atoms with E-state index in [1.165, 1.54) is 23.3 Å². The Morgan fingerprint density at radius 2 is 1.89 bits per heavy atom. The second-order valence-corrected chi connectivity index (χ2v) is 7.71. The van der Waals surface area contributed by atoms with E-state index in [0.29, 0.717) is 6.04 Å². The zero-order chi connectivity index (χ0) is 19.1. The maximum absolute atomic E-state index is 13.4. The summed E-state index contributed by atoms with van der Waals surface area (Å²) in [5.41, 5.74) is 3.74. The first-order chi connectivity index (χ1) is 13.7. The lowest BCUT2D eigenvalue weighted by molar-refractivity contribution is -0.0720. The first kappa shape index (κ1) is 17.6. The van der Waals surface area contributed by atoms with E-state index in [1.54, 1.807) is 0 Å². The molecular weight excluding hydrogens is 353 g/mol. The summed E-state index contributed by atoms with van der Waals surface area (Å²) in [7, 11) is 0. The van der Waals surface area contributed by atoms with Crippen molar-refractivity contribution >= 4 is 16.7 Å². The average molecular weight is 379 g/mol. The van der Waals surface area contributed by atoms with Gasteiger partial charge >= 0.3 is 0 Å². The molecule has 1 saturated heterocycles. The number of aromatic nitrogens is 2. The van der Waals surface area contributed by atoms with Gasteiger partial charge in [-0.05, 0) is 42.2 Å². The Morgan fingerprint density at radius 1 is 1.07 bits per heavy atom. The Hall–Kier alpha value is -2.44. The molecule has 1 N–H and O–H groups in total. The van der Waals surface area contributed by atoms with E-state index in [1.807, 2.05) is 6.07 Å². The molecule has 0 bridgehead atoms. The first-order valence-electron chi connectivity index (χ1n) is 10.2. The second kappa shape index (κ2) is 7.18. The lowest BCUT2D eigenvalue weighted by Gasteiger charge is -2.47. The highest BCUT2D eigenvalue weighted by Gasteiger charge is 2.32. The molecule has 1 fully saturated rings. The molecule has 2 aliphatic heterocycles. The van der Waals surface area contributed by atoms with E-state index < -0.39 is 0 Å². The van der Waals surface area contributed by atoms with Crippen molar-refractivity contribution in [3.05, 3.63) is 59.4 Å². The van der Waals surface area contributed by atoms with E-state index in [-0.39, 0.29) is 5.82 Å². The lowest BCUT2D eigenvalue weighted by Crippen LogP contribution is -2.56. The summed E-state index contributed by atoms with van der Waals surface area (Å²) in [5.74, 6) is 0.703. The van der Waals surface area contributed by atoms with Crippen LogP contribution in [-0.4, -0.2) is 52.9 Å². The molecule has 1 unspecified atom stereocenters. The van der Waals surface area contributed by atoms with Crippen molar-refractivity contribution in [2.45, 2.75) is 25.8 Å². The normalized spacial score (nSPS) is 21.2. The summed E-state index contributed by atoms with van der Waals surface area (Å²) >= 11 is 0. The molecule has 146 valence electrons. The quantitative estimate of drug-likeness (QED) is 0.752. The van der Waals surface area contributed by atoms with E-state index in [2.05, 4.69) is 56.3 Å². The van der Waals surface area contributed by atoms with Crippen molar-refractivity contribution in [2.75, 3.05) is 37.6 Å². The molecule has 28 heavy (non-hydrogen) atoms. The largest absolute Gasteiger partial charge is 0.352 e. The number of hydrogen-bond donors (Lipinski definition) is 1. The smallest absolute Gasteiger partial charge is 0.158 e. The fraction of sp³-hybridized carbons (Fsp3) is 0.409. The predicted molar refractivity (Wildman–Crippen MR) is 110 cm³/mol. The molecule has 1 aromatic heterocycles. The van der Waals surface area contributed by atoms with Crippen LogP contribution in [0.25, 0.3) is 10.9 Å². The summed E-state index contributed by atoms with van der Waals surface area (Å²) in [4.78, 5) is 2.31. The van der Waals surface area contributed by atoms with Crippen LogP contribution in [0.3, 0.4) is 0 Å². The van der Waals surface area contributed by atoms with Gasteiger partial charge in [0.05, 0.1) is 5.52 Å². The number of fused-ring (bicyclic) bond motifs is 2. The average Bonchev–Trinajstić information content (AvgIpc) is 3.16. The Morgan fingerprint density at radius 3 is 2.71 bits per heavy atom. The topological polar surface area (TPSA) is 38.4 Å². The van der Waals surface area contributed by atoms with Crippen molar-refractivity contribution in [1.82, 2.24) is 20.2 Å². The maximum Gasteiger partial charge on any atom is 0.158 e. The molecule has 2 aliphatic rings. The van der Waals surface area contributed by atoms with Crippen molar-refractivity contribution in [1.29, 1.82) is 0 Å². The van der Waals surface area contributed by atoms with Crippen LogP contribution >= 0.6 is 0 Å². The minimum atomic E-state index is -0.233. The van der Waals surface area contributed by atoms with E-state index >= 15 is 0 Å². The highest BCUT2D eigenvalue weighted by molar-refractivity contribution is 5.90. The fourth-order valence-corrected chi connectivity index (χ4v) is 4.79. The molecule has 0 aliphatic carbocycles. The molecule has 6 heteroatoms. The van der Waals surface area contributed by atoms with Crippen molar-refractivity contribution < 1.29 is 4.39 Å². The van der Waals surface area contributed by atoms with Gasteiger partial charge in [0.2, 0.25) is 0 Å². The molecule has 5 rings (SSSR count). The van der Waals surface area contributed by atoms with Gasteiger partial charge in [-0.3, -0.25) is 5.10 Å². The second-order valence-electron chi connectivity index (χ2n) is 7.71. The molecule has 0 radical (unpaired) electrons. The van der Waals surface area contributed by atoms with Crippen LogP contribution in [0.4, 0.5) is 10.2 Å². The molecule has 5 nitrogen and oxygen atoms in total. The van der Waals surface area contributed by atoms with Crippen LogP contribution in [0.15, 0.2) is 42.5 Å². The molecule has 0 spiro atoms. The number of nitrogens with zero attached hydrogens (tertiary/aromatic N) is 4. The summed E-state index contributed by atoms with van der Waals surface area (Å²) in [6.45, 7) is 7.17. The summed E-state index contributed by atoms with van der Waals surface area (Å²) < 4.78 is 13.4. The number of aromatic amines is 1. The van der Waals surface area contributed by atoms with Gasteiger partial charge in [0.1, 0.15) is 5.82 Å². The zero-order valence-electron chi connectivity index (χ0n) is 16.2. The van der Waals surface area contributed by atoms with Gasteiger partial charge in [0.25, 0.3) is 0 Å². The zero-order valence-corrected chi connectivity index (χ0v) is 16.2. The summed E-state index contributed by atoms with van der Waals surface area (Å²) in [5, 5.41) is 13.5. The molecule has 3 heterocycles. The van der Waals surface area contributed by atoms with Crippen molar-refractivity contribution in [3.63, 3.8) is 0 Å². The van der Waals surface area contributed by atoms with Gasteiger partial charge < -0.3 is 4.90 Å². The van der Waals surface area contributed by atoms with Crippen LogP contribution in [0, 0.1) is 5.82 Å². The SMILES string of the molecule is CCC1c2ccccc2CCN1N1CCN(c2n[nH]c3cc(F)ccc23)CC1. The van der Waals surface area contributed by atoms with Crippen molar-refractivity contribution in [2.24, 2.45) is 0 Å². The third-order valence-electron chi connectivity index (χ3n) is 6.19. The third kappa shape index (κ3) is 2.97. The lowest BCUT2D eigenvalue weighted by atomic mass is 9.92. The number of rotatable bonds is 3. The number of halogens is 1. The molecule has 0 saturated carbocycles. The molecular formula is C22H26FN5. The number of H-pyrrole nitrogens is 1. The van der Waals surface area contributed by atoms with Gasteiger partial charge in [-0.2, -0.15) is 5.10 Å².